The lowest BCUT2D eigenvalue weighted by molar-refractivity contribution is -0.116. The molecule has 0 atom stereocenters. The van der Waals surface area contributed by atoms with Crippen LogP contribution in [0, 0.1) is 0 Å². The summed E-state index contributed by atoms with van der Waals surface area (Å²) in [5.74, 6) is 1.05. The molecular weight excluding hydrogens is 252 g/mol. The molecule has 0 saturated heterocycles. The maximum absolute atomic E-state index is 11.5. The van der Waals surface area contributed by atoms with Gasteiger partial charge in [0.1, 0.15) is 5.82 Å². The van der Waals surface area contributed by atoms with Crippen molar-refractivity contribution in [3.05, 3.63) is 35.9 Å². The number of fused-ring (bicyclic) bond motifs is 1. The van der Waals surface area contributed by atoms with E-state index in [1.54, 1.807) is 6.20 Å². The van der Waals surface area contributed by atoms with E-state index >= 15 is 0 Å². The molecule has 20 heavy (non-hydrogen) atoms. The van der Waals surface area contributed by atoms with Crippen LogP contribution < -0.4 is 11.1 Å². The van der Waals surface area contributed by atoms with Gasteiger partial charge in [0.25, 0.3) is 0 Å². The molecule has 3 rings (SSSR count). The van der Waals surface area contributed by atoms with Crippen LogP contribution >= 0.6 is 0 Å². The van der Waals surface area contributed by atoms with Crippen LogP contribution in [0.2, 0.25) is 0 Å². The quantitative estimate of drug-likeness (QED) is 0.840. The van der Waals surface area contributed by atoms with Crippen LogP contribution in [0.5, 0.6) is 0 Å². The molecule has 1 amide bonds. The van der Waals surface area contributed by atoms with E-state index in [1.165, 1.54) is 0 Å². The van der Waals surface area contributed by atoms with Gasteiger partial charge in [0, 0.05) is 30.9 Å². The summed E-state index contributed by atoms with van der Waals surface area (Å²) in [6.07, 6.45) is 6.89. The lowest BCUT2D eigenvalue weighted by Crippen LogP contribution is -2.19. The largest absolute Gasteiger partial charge is 0.397 e. The molecular formula is C15H18N4O. The molecule has 104 valence electrons. The first-order valence-electron chi connectivity index (χ1n) is 6.94. The Morgan fingerprint density at radius 3 is 3.05 bits per heavy atom. The number of benzene rings is 1. The average Bonchev–Trinajstić information content (AvgIpc) is 2.87. The van der Waals surface area contributed by atoms with Crippen LogP contribution in [0.3, 0.4) is 0 Å². The molecule has 1 aliphatic rings. The number of aromatic nitrogens is 2. The van der Waals surface area contributed by atoms with Crippen LogP contribution in [0.1, 0.15) is 31.2 Å². The Labute approximate surface area is 117 Å². The Hall–Kier alpha value is -2.30. The monoisotopic (exact) mass is 270 g/mol. The molecule has 5 nitrogen and oxygen atoms in total. The van der Waals surface area contributed by atoms with Gasteiger partial charge in [-0.2, -0.15) is 0 Å². The van der Waals surface area contributed by atoms with Gasteiger partial charge in [-0.1, -0.05) is 6.92 Å². The third-order valence-electron chi connectivity index (χ3n) is 3.60. The number of aryl methyl sites for hydroxylation is 2. The van der Waals surface area contributed by atoms with Crippen molar-refractivity contribution in [3.8, 4) is 5.69 Å². The fourth-order valence-electron chi connectivity index (χ4n) is 2.61. The van der Waals surface area contributed by atoms with Gasteiger partial charge in [-0.05, 0) is 30.5 Å². The molecule has 2 heterocycles. The standard InChI is InChI=1S/C15H18N4O/c1-2-3-14-17-6-7-19(14)13-9-12-10(8-11(13)16)4-5-15(20)18-12/h6-9H,2-5,16H2,1H3,(H,18,20). The molecule has 0 radical (unpaired) electrons. The van der Waals surface area contributed by atoms with Crippen molar-refractivity contribution in [1.29, 1.82) is 0 Å². The summed E-state index contributed by atoms with van der Waals surface area (Å²) in [4.78, 5) is 15.9. The molecule has 0 saturated carbocycles. The number of carbonyl (C=O) groups is 1. The molecule has 5 heteroatoms. The zero-order valence-corrected chi connectivity index (χ0v) is 11.5. The number of nitrogen functional groups attached to an aromatic ring is 1. The van der Waals surface area contributed by atoms with Crippen molar-refractivity contribution in [2.75, 3.05) is 11.1 Å². The van der Waals surface area contributed by atoms with E-state index in [-0.39, 0.29) is 5.91 Å². The van der Waals surface area contributed by atoms with E-state index < -0.39 is 0 Å². The van der Waals surface area contributed by atoms with Gasteiger partial charge >= 0.3 is 0 Å². The van der Waals surface area contributed by atoms with Crippen LogP contribution in [0.4, 0.5) is 11.4 Å². The molecule has 0 unspecified atom stereocenters. The van der Waals surface area contributed by atoms with Gasteiger partial charge in [-0.15, -0.1) is 0 Å². The van der Waals surface area contributed by atoms with Crippen LogP contribution in [-0.4, -0.2) is 15.5 Å². The first kappa shape index (κ1) is 12.7. The minimum atomic E-state index is 0.0626. The third kappa shape index (κ3) is 2.15. The minimum absolute atomic E-state index is 0.0626. The third-order valence-corrected chi connectivity index (χ3v) is 3.60. The number of carbonyl (C=O) groups excluding carboxylic acids is 1. The Balaban J connectivity index is 2.07. The summed E-state index contributed by atoms with van der Waals surface area (Å²) in [5, 5.41) is 2.91. The predicted octanol–water partition coefficient (Wildman–Crippen LogP) is 2.29. The van der Waals surface area contributed by atoms with E-state index in [0.717, 1.165) is 47.7 Å². The second-order valence-corrected chi connectivity index (χ2v) is 5.08. The first-order chi connectivity index (χ1) is 9.69. The Kier molecular flexibility index (Phi) is 3.18. The maximum Gasteiger partial charge on any atom is 0.224 e. The number of amides is 1. The summed E-state index contributed by atoms with van der Waals surface area (Å²) in [7, 11) is 0. The van der Waals surface area contributed by atoms with Gasteiger partial charge < -0.3 is 15.6 Å². The van der Waals surface area contributed by atoms with E-state index in [2.05, 4.69) is 17.2 Å². The fraction of sp³-hybridized carbons (Fsp3) is 0.333. The molecule has 1 aliphatic heterocycles. The van der Waals surface area contributed by atoms with Crippen molar-refractivity contribution in [1.82, 2.24) is 9.55 Å². The molecule has 3 N–H and O–H groups in total. The average molecular weight is 270 g/mol. The smallest absolute Gasteiger partial charge is 0.224 e. The van der Waals surface area contributed by atoms with Crippen molar-refractivity contribution in [2.24, 2.45) is 0 Å². The highest BCUT2D eigenvalue weighted by atomic mass is 16.1. The number of nitrogens with one attached hydrogen (secondary N) is 1. The van der Waals surface area contributed by atoms with E-state index in [0.29, 0.717) is 6.42 Å². The van der Waals surface area contributed by atoms with Gasteiger partial charge in [0.15, 0.2) is 0 Å². The number of nitrogens with two attached hydrogens (primary N) is 1. The van der Waals surface area contributed by atoms with Gasteiger partial charge in [0.05, 0.1) is 11.4 Å². The number of hydrogen-bond donors (Lipinski definition) is 2. The second kappa shape index (κ2) is 5.00. The lowest BCUT2D eigenvalue weighted by Gasteiger charge is -2.20. The summed E-state index contributed by atoms with van der Waals surface area (Å²) in [6, 6.07) is 3.91. The van der Waals surface area contributed by atoms with E-state index in [1.807, 2.05) is 22.9 Å². The topological polar surface area (TPSA) is 72.9 Å². The summed E-state index contributed by atoms with van der Waals surface area (Å²) in [5.41, 5.74) is 9.74. The normalized spacial score (nSPS) is 13.9. The van der Waals surface area contributed by atoms with Crippen LogP contribution in [0.25, 0.3) is 5.69 Å². The Morgan fingerprint density at radius 2 is 2.25 bits per heavy atom. The highest BCUT2D eigenvalue weighted by molar-refractivity contribution is 5.95. The van der Waals surface area contributed by atoms with Crippen molar-refractivity contribution in [2.45, 2.75) is 32.6 Å². The molecule has 0 spiro atoms. The maximum atomic E-state index is 11.5. The number of hydrogen-bond acceptors (Lipinski definition) is 3. The number of nitrogens with zero attached hydrogens (tertiary/aromatic N) is 2. The summed E-state index contributed by atoms with van der Waals surface area (Å²) >= 11 is 0. The summed E-state index contributed by atoms with van der Waals surface area (Å²) < 4.78 is 2.00. The molecule has 0 aliphatic carbocycles. The van der Waals surface area contributed by atoms with E-state index in [9.17, 15) is 4.79 Å². The SMILES string of the molecule is CCCc1nccn1-c1cc2c(cc1N)CCC(=O)N2. The zero-order valence-electron chi connectivity index (χ0n) is 11.5. The van der Waals surface area contributed by atoms with Gasteiger partial charge in [-0.3, -0.25) is 4.79 Å². The van der Waals surface area contributed by atoms with Crippen LogP contribution in [-0.2, 0) is 17.6 Å². The minimum Gasteiger partial charge on any atom is -0.397 e. The molecule has 1 aromatic carbocycles. The molecule has 0 fully saturated rings. The van der Waals surface area contributed by atoms with Crippen LogP contribution in [0.15, 0.2) is 24.5 Å². The first-order valence-corrected chi connectivity index (χ1v) is 6.94. The highest BCUT2D eigenvalue weighted by Gasteiger charge is 2.18. The number of rotatable bonds is 3. The lowest BCUT2D eigenvalue weighted by atomic mass is 10.0. The van der Waals surface area contributed by atoms with Gasteiger partial charge in [-0.25, -0.2) is 4.98 Å². The number of anilines is 2. The molecule has 1 aromatic heterocycles. The molecule has 0 bridgehead atoms. The number of imidazole rings is 1. The van der Waals surface area contributed by atoms with Gasteiger partial charge in [0.2, 0.25) is 5.91 Å². The Morgan fingerprint density at radius 1 is 1.40 bits per heavy atom. The van der Waals surface area contributed by atoms with E-state index in [4.69, 9.17) is 5.73 Å². The Bertz CT molecular complexity index is 660. The fourth-order valence-corrected chi connectivity index (χ4v) is 2.61. The molecule has 2 aromatic rings. The second-order valence-electron chi connectivity index (χ2n) is 5.08. The zero-order chi connectivity index (χ0) is 14.1. The summed E-state index contributed by atoms with van der Waals surface area (Å²) in [6.45, 7) is 2.12. The van der Waals surface area contributed by atoms with Crippen molar-refractivity contribution >= 4 is 17.3 Å². The predicted molar refractivity (Wildman–Crippen MR) is 78.9 cm³/mol. The van der Waals surface area contributed by atoms with Crippen molar-refractivity contribution < 1.29 is 4.79 Å². The van der Waals surface area contributed by atoms with Crippen molar-refractivity contribution in [3.63, 3.8) is 0 Å². The highest BCUT2D eigenvalue weighted by Crippen LogP contribution is 2.30.